The molecule has 0 heterocycles. The molecule has 0 aromatic carbocycles. The fourth-order valence-corrected chi connectivity index (χ4v) is 0.737. The van der Waals surface area contributed by atoms with E-state index in [1.165, 1.54) is 19.0 Å². The number of nitrogens with one attached hydrogen (secondary N) is 1. The first-order valence-electron chi connectivity index (χ1n) is 4.06. The molecule has 0 bridgehead atoms. The highest BCUT2D eigenvalue weighted by molar-refractivity contribution is 7.96. The molecule has 0 saturated heterocycles. The quantitative estimate of drug-likeness (QED) is 0.516. The van der Waals surface area contributed by atoms with Crippen molar-refractivity contribution in [3.05, 3.63) is 24.4 Å². The molecule has 0 aromatic rings. The Kier molecular flexibility index (Phi) is 7.70. The zero-order valence-corrected chi connectivity index (χ0v) is 8.06. The molecule has 0 unspecified atom stereocenters. The van der Waals surface area contributed by atoms with E-state index in [9.17, 15) is 4.79 Å². The van der Waals surface area contributed by atoms with E-state index >= 15 is 0 Å². The molecule has 1 amide bonds. The molecule has 1 N–H and O–H groups in total. The van der Waals surface area contributed by atoms with Gasteiger partial charge >= 0.3 is 5.24 Å². The predicted molar refractivity (Wildman–Crippen MR) is 53.9 cm³/mol. The van der Waals surface area contributed by atoms with Gasteiger partial charge in [-0.3, -0.25) is 4.79 Å². The van der Waals surface area contributed by atoms with Crippen LogP contribution in [0.5, 0.6) is 0 Å². The molecule has 0 saturated carbocycles. The van der Waals surface area contributed by atoms with Crippen LogP contribution in [0.1, 0.15) is 26.2 Å². The maximum Gasteiger partial charge on any atom is 0.314 e. The summed E-state index contributed by atoms with van der Waals surface area (Å²) in [5, 5.41) is 1.93. The largest absolute Gasteiger partial charge is 0.320 e. The SMILES string of the molecule is CCCCC=CC=CNC(=O)[S]. The van der Waals surface area contributed by atoms with E-state index in [0.29, 0.717) is 0 Å². The minimum atomic E-state index is -0.451. The van der Waals surface area contributed by atoms with Crippen LogP contribution in [0, 0.1) is 0 Å². The van der Waals surface area contributed by atoms with Crippen molar-refractivity contribution in [1.29, 1.82) is 0 Å². The normalized spacial score (nSPS) is 11.1. The second-order valence-corrected chi connectivity index (χ2v) is 2.73. The predicted octanol–water partition coefficient (Wildman–Crippen LogP) is 3.15. The van der Waals surface area contributed by atoms with Crippen LogP contribution in [0.15, 0.2) is 24.4 Å². The van der Waals surface area contributed by atoms with Gasteiger partial charge in [-0.05, 0) is 25.1 Å². The number of hydrogen-bond acceptors (Lipinski definition) is 1. The van der Waals surface area contributed by atoms with Gasteiger partial charge in [-0.1, -0.05) is 31.9 Å². The number of allylic oxidation sites excluding steroid dienone is 3. The summed E-state index contributed by atoms with van der Waals surface area (Å²) in [6, 6.07) is 0. The number of hydrogen-bond donors (Lipinski definition) is 1. The Balaban J connectivity index is 3.33. The maximum atomic E-state index is 10.2. The van der Waals surface area contributed by atoms with Crippen molar-refractivity contribution >= 4 is 17.9 Å². The highest BCUT2D eigenvalue weighted by Crippen LogP contribution is 1.94. The molecule has 0 aliphatic heterocycles. The number of rotatable bonds is 5. The first kappa shape index (κ1) is 11.2. The van der Waals surface area contributed by atoms with Crippen LogP contribution >= 0.6 is 12.6 Å². The summed E-state index contributed by atoms with van der Waals surface area (Å²) in [7, 11) is 0. The summed E-state index contributed by atoms with van der Waals surface area (Å²) < 4.78 is 0. The number of unbranched alkanes of at least 4 members (excludes halogenated alkanes) is 2. The van der Waals surface area contributed by atoms with Crippen LogP contribution < -0.4 is 5.32 Å². The lowest BCUT2D eigenvalue weighted by Crippen LogP contribution is -2.06. The Labute approximate surface area is 79.1 Å². The molecule has 0 rings (SSSR count). The molecule has 0 fully saturated rings. The Hall–Kier alpha value is -0.830. The summed E-state index contributed by atoms with van der Waals surface area (Å²) in [4.78, 5) is 10.2. The van der Waals surface area contributed by atoms with E-state index in [-0.39, 0.29) is 0 Å². The molecule has 3 heteroatoms. The van der Waals surface area contributed by atoms with Gasteiger partial charge in [0.2, 0.25) is 0 Å². The lowest BCUT2D eigenvalue weighted by Gasteiger charge is -1.87. The fraction of sp³-hybridized carbons (Fsp3) is 0.444. The summed E-state index contributed by atoms with van der Waals surface area (Å²) >= 11 is 4.27. The van der Waals surface area contributed by atoms with E-state index < -0.39 is 5.24 Å². The molecule has 67 valence electrons. The summed E-state index contributed by atoms with van der Waals surface area (Å²) in [6.07, 6.45) is 10.8. The van der Waals surface area contributed by atoms with Crippen LogP contribution in [0.2, 0.25) is 0 Å². The Morgan fingerprint density at radius 3 is 2.83 bits per heavy atom. The van der Waals surface area contributed by atoms with E-state index in [4.69, 9.17) is 0 Å². The van der Waals surface area contributed by atoms with Gasteiger partial charge in [0.15, 0.2) is 0 Å². The number of carbonyl (C=O) groups is 1. The molecule has 0 spiro atoms. The Morgan fingerprint density at radius 2 is 2.25 bits per heavy atom. The van der Waals surface area contributed by atoms with Crippen molar-refractivity contribution < 1.29 is 4.79 Å². The smallest absolute Gasteiger partial charge is 0.314 e. The van der Waals surface area contributed by atoms with E-state index in [1.54, 1.807) is 6.08 Å². The van der Waals surface area contributed by atoms with Crippen molar-refractivity contribution in [3.8, 4) is 0 Å². The van der Waals surface area contributed by atoms with Gasteiger partial charge in [-0.2, -0.15) is 0 Å². The standard InChI is InChI=1S/C9H14NOS/c1-2-3-4-5-6-7-8-10-9(11)12/h5-8H,2-4H2,1H3,(H,10,11). The highest BCUT2D eigenvalue weighted by Gasteiger charge is 1.82. The first-order valence-corrected chi connectivity index (χ1v) is 4.47. The van der Waals surface area contributed by atoms with Crippen molar-refractivity contribution in [2.45, 2.75) is 26.2 Å². The van der Waals surface area contributed by atoms with Crippen LogP contribution in [-0.4, -0.2) is 5.24 Å². The van der Waals surface area contributed by atoms with E-state index in [0.717, 1.165) is 6.42 Å². The van der Waals surface area contributed by atoms with Crippen molar-refractivity contribution in [1.82, 2.24) is 5.32 Å². The van der Waals surface area contributed by atoms with Gasteiger partial charge in [0.05, 0.1) is 0 Å². The van der Waals surface area contributed by atoms with Crippen LogP contribution in [0.3, 0.4) is 0 Å². The third-order valence-electron chi connectivity index (χ3n) is 1.27. The first-order chi connectivity index (χ1) is 5.77. The minimum Gasteiger partial charge on any atom is -0.320 e. The molecule has 0 aliphatic rings. The zero-order chi connectivity index (χ0) is 9.23. The number of carbonyl (C=O) groups excluding carboxylic acids is 1. The topological polar surface area (TPSA) is 29.1 Å². The molecular formula is C9H14NOS. The summed E-state index contributed by atoms with van der Waals surface area (Å²) in [5.41, 5.74) is 0. The Bertz CT molecular complexity index is 175. The van der Waals surface area contributed by atoms with E-state index in [2.05, 4.69) is 30.9 Å². The lowest BCUT2D eigenvalue weighted by molar-refractivity contribution is 0.263. The average molecular weight is 184 g/mol. The van der Waals surface area contributed by atoms with Crippen LogP contribution in [0.25, 0.3) is 0 Å². The molecule has 0 aliphatic carbocycles. The molecule has 2 nitrogen and oxygen atoms in total. The van der Waals surface area contributed by atoms with Gasteiger partial charge in [-0.15, -0.1) is 0 Å². The van der Waals surface area contributed by atoms with Gasteiger partial charge in [0.1, 0.15) is 0 Å². The van der Waals surface area contributed by atoms with Crippen molar-refractivity contribution in [2.75, 3.05) is 0 Å². The minimum absolute atomic E-state index is 0.451. The van der Waals surface area contributed by atoms with Gasteiger partial charge in [-0.25, -0.2) is 0 Å². The summed E-state index contributed by atoms with van der Waals surface area (Å²) in [6.45, 7) is 2.15. The van der Waals surface area contributed by atoms with Gasteiger partial charge < -0.3 is 5.32 Å². The van der Waals surface area contributed by atoms with Crippen molar-refractivity contribution in [3.63, 3.8) is 0 Å². The maximum absolute atomic E-state index is 10.2. The average Bonchev–Trinajstić information content (AvgIpc) is 2.02. The third kappa shape index (κ3) is 9.17. The fourth-order valence-electron chi connectivity index (χ4n) is 0.668. The lowest BCUT2D eigenvalue weighted by atomic mass is 10.2. The molecule has 0 aromatic heterocycles. The zero-order valence-electron chi connectivity index (χ0n) is 7.25. The summed E-state index contributed by atoms with van der Waals surface area (Å²) in [5.74, 6) is 0. The van der Waals surface area contributed by atoms with E-state index in [1.807, 2.05) is 6.08 Å². The second-order valence-electron chi connectivity index (χ2n) is 2.36. The molecule has 0 atom stereocenters. The molecular weight excluding hydrogens is 170 g/mol. The van der Waals surface area contributed by atoms with Crippen LogP contribution in [-0.2, 0) is 0 Å². The monoisotopic (exact) mass is 184 g/mol. The third-order valence-corrected chi connectivity index (χ3v) is 1.39. The highest BCUT2D eigenvalue weighted by atomic mass is 32.1. The number of amides is 1. The Morgan fingerprint density at radius 1 is 1.50 bits per heavy atom. The van der Waals surface area contributed by atoms with Gasteiger partial charge in [0, 0.05) is 6.20 Å². The van der Waals surface area contributed by atoms with Crippen LogP contribution in [0.4, 0.5) is 4.79 Å². The van der Waals surface area contributed by atoms with Gasteiger partial charge in [0.25, 0.3) is 0 Å². The van der Waals surface area contributed by atoms with Crippen molar-refractivity contribution in [2.24, 2.45) is 0 Å². The second kappa shape index (κ2) is 8.27. The molecule has 12 heavy (non-hydrogen) atoms. The molecule has 1 radical (unpaired) electrons.